The van der Waals surface area contributed by atoms with E-state index in [4.69, 9.17) is 28.9 Å². The average Bonchev–Trinajstić information content (AvgIpc) is 2.74. The van der Waals surface area contributed by atoms with Gasteiger partial charge in [-0.1, -0.05) is 37.0 Å². The van der Waals surface area contributed by atoms with Gasteiger partial charge in [0, 0.05) is 23.0 Å². The third-order valence-corrected chi connectivity index (χ3v) is 4.57. The summed E-state index contributed by atoms with van der Waals surface area (Å²) in [7, 11) is 0. The predicted octanol–water partition coefficient (Wildman–Crippen LogP) is 4.76. The van der Waals surface area contributed by atoms with E-state index in [1.807, 2.05) is 18.3 Å². The van der Waals surface area contributed by atoms with E-state index in [0.29, 0.717) is 10.0 Å². The van der Waals surface area contributed by atoms with Crippen LogP contribution in [0.2, 0.25) is 10.0 Å². The number of benzene rings is 1. The van der Waals surface area contributed by atoms with Crippen molar-refractivity contribution in [3.63, 3.8) is 0 Å². The fraction of sp³-hybridized carbons (Fsp3) is 0.375. The van der Waals surface area contributed by atoms with Crippen LogP contribution in [0, 0.1) is 5.41 Å². The molecule has 1 aliphatic carbocycles. The van der Waals surface area contributed by atoms with Crippen molar-refractivity contribution in [2.45, 2.75) is 32.7 Å². The highest BCUT2D eigenvalue weighted by atomic mass is 35.5. The molecular formula is C16H18Cl2N2. The van der Waals surface area contributed by atoms with Crippen molar-refractivity contribution in [1.29, 1.82) is 0 Å². The standard InChI is InChI=1S/C16H18Cl2N2/c1-16(2)8-13(19)11-5-6-20(15(11)9-16)14-7-10(17)3-4-12(14)18/h3-7,13H,8-9,19H2,1-2H3. The lowest BCUT2D eigenvalue weighted by molar-refractivity contribution is 0.278. The van der Waals surface area contributed by atoms with Crippen LogP contribution in [0.1, 0.15) is 37.6 Å². The first-order chi connectivity index (χ1) is 9.37. The van der Waals surface area contributed by atoms with Gasteiger partial charge in [0.2, 0.25) is 0 Å². The summed E-state index contributed by atoms with van der Waals surface area (Å²) in [6.45, 7) is 4.51. The number of aromatic nitrogens is 1. The van der Waals surface area contributed by atoms with E-state index in [-0.39, 0.29) is 11.5 Å². The van der Waals surface area contributed by atoms with E-state index in [0.717, 1.165) is 18.5 Å². The maximum absolute atomic E-state index is 6.33. The molecule has 20 heavy (non-hydrogen) atoms. The molecule has 1 atom stereocenters. The highest BCUT2D eigenvalue weighted by Crippen LogP contribution is 2.41. The molecule has 4 heteroatoms. The third-order valence-electron chi connectivity index (χ3n) is 4.01. The van der Waals surface area contributed by atoms with Crippen molar-refractivity contribution >= 4 is 23.2 Å². The molecule has 2 aromatic rings. The molecule has 1 heterocycles. The van der Waals surface area contributed by atoms with E-state index < -0.39 is 0 Å². The number of hydrogen-bond acceptors (Lipinski definition) is 1. The van der Waals surface area contributed by atoms with E-state index in [1.165, 1.54) is 11.3 Å². The summed E-state index contributed by atoms with van der Waals surface area (Å²) >= 11 is 12.4. The van der Waals surface area contributed by atoms with Gasteiger partial charge in [-0.3, -0.25) is 0 Å². The minimum absolute atomic E-state index is 0.0907. The lowest BCUT2D eigenvalue weighted by Crippen LogP contribution is -2.30. The Morgan fingerprint density at radius 2 is 2.00 bits per heavy atom. The van der Waals surface area contributed by atoms with Crippen LogP contribution in [0.25, 0.3) is 5.69 Å². The third kappa shape index (κ3) is 2.37. The van der Waals surface area contributed by atoms with E-state index in [1.54, 1.807) is 6.07 Å². The molecule has 0 radical (unpaired) electrons. The van der Waals surface area contributed by atoms with Gasteiger partial charge < -0.3 is 10.3 Å². The zero-order valence-electron chi connectivity index (χ0n) is 11.7. The lowest BCUT2D eigenvalue weighted by atomic mass is 9.74. The number of halogens is 2. The summed E-state index contributed by atoms with van der Waals surface area (Å²) in [5, 5.41) is 1.39. The Bertz CT molecular complexity index is 658. The van der Waals surface area contributed by atoms with Gasteiger partial charge in [-0.15, -0.1) is 0 Å². The maximum Gasteiger partial charge on any atom is 0.0653 e. The molecule has 1 aromatic heterocycles. The Kier molecular flexibility index (Phi) is 3.36. The molecule has 106 valence electrons. The minimum Gasteiger partial charge on any atom is -0.324 e. The fourth-order valence-corrected chi connectivity index (χ4v) is 3.51. The summed E-state index contributed by atoms with van der Waals surface area (Å²) in [6.07, 6.45) is 4.04. The Labute approximate surface area is 129 Å². The first-order valence-corrected chi connectivity index (χ1v) is 7.54. The van der Waals surface area contributed by atoms with Gasteiger partial charge in [0.05, 0.1) is 10.7 Å². The van der Waals surface area contributed by atoms with Crippen molar-refractivity contribution < 1.29 is 0 Å². The molecule has 0 spiro atoms. The maximum atomic E-state index is 6.33. The van der Waals surface area contributed by atoms with E-state index in [9.17, 15) is 0 Å². The highest BCUT2D eigenvalue weighted by molar-refractivity contribution is 6.34. The molecule has 0 saturated carbocycles. The second-order valence-electron chi connectivity index (χ2n) is 6.34. The Balaban J connectivity index is 2.16. The molecule has 3 rings (SSSR count). The molecular weight excluding hydrogens is 291 g/mol. The molecule has 0 aliphatic heterocycles. The second kappa shape index (κ2) is 4.80. The van der Waals surface area contributed by atoms with Crippen LogP contribution in [0.5, 0.6) is 0 Å². The van der Waals surface area contributed by atoms with Crippen molar-refractivity contribution in [1.82, 2.24) is 4.57 Å². The zero-order valence-corrected chi connectivity index (χ0v) is 13.2. The van der Waals surface area contributed by atoms with Gasteiger partial charge in [-0.05, 0) is 48.1 Å². The van der Waals surface area contributed by atoms with Crippen molar-refractivity contribution in [3.8, 4) is 5.69 Å². The molecule has 2 nitrogen and oxygen atoms in total. The topological polar surface area (TPSA) is 30.9 Å². The fourth-order valence-electron chi connectivity index (χ4n) is 3.13. The Hall–Kier alpha value is -0.960. The Morgan fingerprint density at radius 1 is 1.25 bits per heavy atom. The number of nitrogens with zero attached hydrogens (tertiary/aromatic N) is 1. The molecule has 0 saturated heterocycles. The normalized spacial score (nSPS) is 20.8. The molecule has 0 amide bonds. The van der Waals surface area contributed by atoms with Gasteiger partial charge in [-0.2, -0.15) is 0 Å². The summed E-state index contributed by atoms with van der Waals surface area (Å²) in [5.74, 6) is 0. The lowest BCUT2D eigenvalue weighted by Gasteiger charge is -2.34. The van der Waals surface area contributed by atoms with Crippen LogP contribution in [-0.2, 0) is 6.42 Å². The average molecular weight is 309 g/mol. The van der Waals surface area contributed by atoms with E-state index in [2.05, 4.69) is 24.5 Å². The predicted molar refractivity (Wildman–Crippen MR) is 84.8 cm³/mol. The van der Waals surface area contributed by atoms with Crippen LogP contribution < -0.4 is 5.73 Å². The molecule has 0 fully saturated rings. The van der Waals surface area contributed by atoms with E-state index >= 15 is 0 Å². The summed E-state index contributed by atoms with van der Waals surface area (Å²) in [6, 6.07) is 7.73. The van der Waals surface area contributed by atoms with Crippen LogP contribution >= 0.6 is 23.2 Å². The number of fused-ring (bicyclic) bond motifs is 1. The summed E-state index contributed by atoms with van der Waals surface area (Å²) < 4.78 is 2.13. The highest BCUT2D eigenvalue weighted by Gasteiger charge is 2.32. The minimum atomic E-state index is 0.0907. The largest absolute Gasteiger partial charge is 0.324 e. The monoisotopic (exact) mass is 308 g/mol. The number of rotatable bonds is 1. The van der Waals surface area contributed by atoms with Gasteiger partial charge in [0.15, 0.2) is 0 Å². The first-order valence-electron chi connectivity index (χ1n) is 6.78. The quantitative estimate of drug-likeness (QED) is 0.809. The molecule has 0 bridgehead atoms. The zero-order chi connectivity index (χ0) is 14.5. The molecule has 1 unspecified atom stereocenters. The smallest absolute Gasteiger partial charge is 0.0653 e. The van der Waals surface area contributed by atoms with Gasteiger partial charge in [0.1, 0.15) is 0 Å². The number of nitrogens with two attached hydrogens (primary N) is 1. The SMILES string of the molecule is CC1(C)Cc2c(ccn2-c2cc(Cl)ccc2Cl)C(N)C1. The Morgan fingerprint density at radius 3 is 2.75 bits per heavy atom. The van der Waals surface area contributed by atoms with Crippen LogP contribution in [0.15, 0.2) is 30.5 Å². The number of hydrogen-bond donors (Lipinski definition) is 1. The van der Waals surface area contributed by atoms with Crippen molar-refractivity contribution in [2.24, 2.45) is 11.1 Å². The van der Waals surface area contributed by atoms with Gasteiger partial charge in [0.25, 0.3) is 0 Å². The molecule has 1 aromatic carbocycles. The summed E-state index contributed by atoms with van der Waals surface area (Å²) in [4.78, 5) is 0. The second-order valence-corrected chi connectivity index (χ2v) is 7.18. The molecule has 2 N–H and O–H groups in total. The van der Waals surface area contributed by atoms with Crippen LogP contribution in [-0.4, -0.2) is 4.57 Å². The van der Waals surface area contributed by atoms with Crippen molar-refractivity contribution in [3.05, 3.63) is 51.8 Å². The van der Waals surface area contributed by atoms with Crippen LogP contribution in [0.4, 0.5) is 0 Å². The van der Waals surface area contributed by atoms with Gasteiger partial charge >= 0.3 is 0 Å². The first kappa shape index (κ1) is 14.0. The summed E-state index contributed by atoms with van der Waals surface area (Å²) in [5.41, 5.74) is 9.90. The van der Waals surface area contributed by atoms with Crippen molar-refractivity contribution in [2.75, 3.05) is 0 Å². The van der Waals surface area contributed by atoms with Crippen LogP contribution in [0.3, 0.4) is 0 Å². The molecule has 1 aliphatic rings. The van der Waals surface area contributed by atoms with Gasteiger partial charge in [-0.25, -0.2) is 0 Å².